The summed E-state index contributed by atoms with van der Waals surface area (Å²) in [7, 11) is 0. The van der Waals surface area contributed by atoms with E-state index in [2.05, 4.69) is 5.32 Å². The smallest absolute Gasteiger partial charge is 0.337 e. The molecule has 0 radical (unpaired) electrons. The monoisotopic (exact) mass is 426 g/mol. The molecular weight excluding hydrogens is 408 g/mol. The van der Waals surface area contributed by atoms with E-state index in [1.54, 1.807) is 12.1 Å². The number of halogens is 1. The Balaban J connectivity index is 1.61. The van der Waals surface area contributed by atoms with E-state index in [-0.39, 0.29) is 45.5 Å². The topological polar surface area (TPSA) is 104 Å². The number of nitrogens with one attached hydrogen (secondary N) is 1. The van der Waals surface area contributed by atoms with Crippen LogP contribution in [0.25, 0.3) is 0 Å². The first-order valence-electron chi connectivity index (χ1n) is 9.69. The Morgan fingerprint density at radius 3 is 2.30 bits per heavy atom. The van der Waals surface area contributed by atoms with E-state index < -0.39 is 11.9 Å². The molecule has 1 aliphatic heterocycles. The Morgan fingerprint density at radius 1 is 1.00 bits per heavy atom. The first-order valence-corrected chi connectivity index (χ1v) is 10.1. The van der Waals surface area contributed by atoms with Crippen molar-refractivity contribution in [2.24, 2.45) is 11.8 Å². The molecule has 3 amide bonds. The lowest BCUT2D eigenvalue weighted by molar-refractivity contribution is -0.122. The minimum atomic E-state index is -1.20. The minimum absolute atomic E-state index is 0.0600. The maximum Gasteiger partial charge on any atom is 0.337 e. The van der Waals surface area contributed by atoms with Gasteiger partial charge in [-0.05, 0) is 49.2 Å². The van der Waals surface area contributed by atoms with Crippen LogP contribution >= 0.6 is 11.6 Å². The highest BCUT2D eigenvalue weighted by Crippen LogP contribution is 2.40. The summed E-state index contributed by atoms with van der Waals surface area (Å²) in [6.45, 7) is 0. The fraction of sp³-hybridized carbons (Fsp3) is 0.273. The van der Waals surface area contributed by atoms with Crippen LogP contribution in [0.15, 0.2) is 42.5 Å². The Hall–Kier alpha value is -3.19. The van der Waals surface area contributed by atoms with Crippen LogP contribution in [0.5, 0.6) is 0 Å². The molecule has 2 aliphatic rings. The van der Waals surface area contributed by atoms with E-state index in [0.717, 1.165) is 12.8 Å². The van der Waals surface area contributed by atoms with Crippen molar-refractivity contribution in [2.75, 3.05) is 10.2 Å². The zero-order chi connectivity index (χ0) is 21.4. The molecule has 1 saturated heterocycles. The number of carboxylic acids is 1. The zero-order valence-corrected chi connectivity index (χ0v) is 16.7. The normalized spacial score (nSPS) is 20.8. The number of aromatic carboxylic acids is 1. The third kappa shape index (κ3) is 3.57. The summed E-state index contributed by atoms with van der Waals surface area (Å²) in [6, 6.07) is 10.3. The van der Waals surface area contributed by atoms with E-state index in [0.29, 0.717) is 18.5 Å². The molecule has 8 heteroatoms. The molecule has 4 rings (SSSR count). The molecule has 2 aromatic carbocycles. The van der Waals surface area contributed by atoms with E-state index in [1.165, 1.54) is 35.2 Å². The van der Waals surface area contributed by atoms with Crippen molar-refractivity contribution in [2.45, 2.75) is 25.7 Å². The lowest BCUT2D eigenvalue weighted by Gasteiger charge is -2.19. The van der Waals surface area contributed by atoms with E-state index >= 15 is 0 Å². The van der Waals surface area contributed by atoms with Gasteiger partial charge < -0.3 is 10.4 Å². The van der Waals surface area contributed by atoms with Gasteiger partial charge in [-0.1, -0.05) is 30.5 Å². The van der Waals surface area contributed by atoms with Gasteiger partial charge in [0, 0.05) is 10.6 Å². The highest BCUT2D eigenvalue weighted by Gasteiger charge is 2.48. The number of carbonyl (C=O) groups excluding carboxylic acids is 3. The van der Waals surface area contributed by atoms with Crippen molar-refractivity contribution in [3.63, 3.8) is 0 Å². The fourth-order valence-corrected chi connectivity index (χ4v) is 4.38. The van der Waals surface area contributed by atoms with Crippen LogP contribution < -0.4 is 10.2 Å². The van der Waals surface area contributed by atoms with Gasteiger partial charge in [-0.3, -0.25) is 19.3 Å². The second-order valence-electron chi connectivity index (χ2n) is 7.51. The third-order valence-electron chi connectivity index (χ3n) is 5.67. The molecule has 1 saturated carbocycles. The number of carbonyl (C=O) groups is 4. The molecule has 1 heterocycles. The Labute approximate surface area is 177 Å². The Bertz CT molecular complexity index is 1040. The average molecular weight is 427 g/mol. The first kappa shape index (κ1) is 20.1. The van der Waals surface area contributed by atoms with Gasteiger partial charge in [0.05, 0.1) is 28.8 Å². The number of hydrogen-bond donors (Lipinski definition) is 2. The molecule has 2 N–H and O–H groups in total. The molecule has 154 valence electrons. The predicted octanol–water partition coefficient (Wildman–Crippen LogP) is 3.97. The summed E-state index contributed by atoms with van der Waals surface area (Å²) in [4.78, 5) is 50.9. The van der Waals surface area contributed by atoms with Gasteiger partial charge in [0.2, 0.25) is 11.8 Å². The average Bonchev–Trinajstić information content (AvgIpc) is 2.98. The number of carboxylic acid groups (broad SMARTS) is 1. The predicted molar refractivity (Wildman–Crippen MR) is 111 cm³/mol. The number of nitrogens with zero attached hydrogens (tertiary/aromatic N) is 1. The molecule has 1 aliphatic carbocycles. The highest BCUT2D eigenvalue weighted by atomic mass is 35.5. The second-order valence-corrected chi connectivity index (χ2v) is 7.95. The quantitative estimate of drug-likeness (QED) is 0.720. The third-order valence-corrected chi connectivity index (χ3v) is 5.90. The van der Waals surface area contributed by atoms with Gasteiger partial charge in [0.15, 0.2) is 0 Å². The SMILES string of the molecule is O=C(Nc1cc(Cl)ccc1C(=O)O)c1cccc(N2C(=O)C3CCCCC3C2=O)c1. The first-order chi connectivity index (χ1) is 14.4. The van der Waals surface area contributed by atoms with E-state index in [1.807, 2.05) is 0 Å². The van der Waals surface area contributed by atoms with Crippen LogP contribution in [0, 0.1) is 11.8 Å². The van der Waals surface area contributed by atoms with Gasteiger partial charge in [-0.2, -0.15) is 0 Å². The molecule has 2 unspecified atom stereocenters. The molecule has 30 heavy (non-hydrogen) atoms. The summed E-state index contributed by atoms with van der Waals surface area (Å²) in [5, 5.41) is 12.1. The van der Waals surface area contributed by atoms with Gasteiger partial charge >= 0.3 is 5.97 Å². The maximum absolute atomic E-state index is 12.8. The van der Waals surface area contributed by atoms with E-state index in [9.17, 15) is 24.3 Å². The van der Waals surface area contributed by atoms with Crippen molar-refractivity contribution in [3.05, 3.63) is 58.6 Å². The van der Waals surface area contributed by atoms with Crippen LogP contribution in [0.1, 0.15) is 46.4 Å². The van der Waals surface area contributed by atoms with Gasteiger partial charge in [0.25, 0.3) is 5.91 Å². The number of anilines is 2. The van der Waals surface area contributed by atoms with Crippen LogP contribution in [0.4, 0.5) is 11.4 Å². The van der Waals surface area contributed by atoms with Gasteiger partial charge in [-0.15, -0.1) is 0 Å². The molecule has 0 spiro atoms. The van der Waals surface area contributed by atoms with E-state index in [4.69, 9.17) is 11.6 Å². The molecule has 2 aromatic rings. The summed E-state index contributed by atoms with van der Waals surface area (Å²) in [5.74, 6) is -2.78. The molecule has 0 bridgehead atoms. The number of benzene rings is 2. The van der Waals surface area contributed by atoms with Crippen LogP contribution in [0.2, 0.25) is 5.02 Å². The fourth-order valence-electron chi connectivity index (χ4n) is 4.20. The van der Waals surface area contributed by atoms with Gasteiger partial charge in [-0.25, -0.2) is 4.79 Å². The number of hydrogen-bond acceptors (Lipinski definition) is 4. The molecule has 7 nitrogen and oxygen atoms in total. The maximum atomic E-state index is 12.8. The zero-order valence-electron chi connectivity index (χ0n) is 15.9. The largest absolute Gasteiger partial charge is 0.478 e. The standard InChI is InChI=1S/C22H19ClN2O5/c23-13-8-9-17(22(29)30)18(11-13)24-19(26)12-4-3-5-14(10-12)25-20(27)15-6-1-2-7-16(15)21(25)28/h3-5,8-11,15-16H,1-2,6-7H2,(H,24,26)(H,29,30). The Morgan fingerprint density at radius 2 is 1.67 bits per heavy atom. The molecule has 2 fully saturated rings. The number of fused-ring (bicyclic) bond motifs is 1. The summed E-state index contributed by atoms with van der Waals surface area (Å²) in [5.41, 5.74) is 0.499. The van der Waals surface area contributed by atoms with Crippen LogP contribution in [-0.2, 0) is 9.59 Å². The number of imide groups is 1. The molecule has 0 aromatic heterocycles. The summed E-state index contributed by atoms with van der Waals surface area (Å²) < 4.78 is 0. The van der Waals surface area contributed by atoms with Crippen molar-refractivity contribution in [1.82, 2.24) is 0 Å². The van der Waals surface area contributed by atoms with Gasteiger partial charge in [0.1, 0.15) is 0 Å². The lowest BCUT2D eigenvalue weighted by Crippen LogP contribution is -2.31. The summed E-state index contributed by atoms with van der Waals surface area (Å²) in [6.07, 6.45) is 3.28. The van der Waals surface area contributed by atoms with Crippen LogP contribution in [0.3, 0.4) is 0 Å². The Kier molecular flexibility index (Phi) is 5.30. The summed E-state index contributed by atoms with van der Waals surface area (Å²) >= 11 is 5.93. The number of amides is 3. The van der Waals surface area contributed by atoms with Crippen LogP contribution in [-0.4, -0.2) is 28.8 Å². The molecular formula is C22H19ClN2O5. The highest BCUT2D eigenvalue weighted by molar-refractivity contribution is 6.31. The minimum Gasteiger partial charge on any atom is -0.478 e. The van der Waals surface area contributed by atoms with Crippen molar-refractivity contribution < 1.29 is 24.3 Å². The van der Waals surface area contributed by atoms with Crippen molar-refractivity contribution in [1.29, 1.82) is 0 Å². The lowest BCUT2D eigenvalue weighted by atomic mass is 9.81. The molecule has 2 atom stereocenters. The van der Waals surface area contributed by atoms with Crippen molar-refractivity contribution >= 4 is 46.7 Å². The second kappa shape index (κ2) is 7.91. The van der Waals surface area contributed by atoms with Crippen molar-refractivity contribution in [3.8, 4) is 0 Å². The number of rotatable bonds is 4.